The summed E-state index contributed by atoms with van der Waals surface area (Å²) < 4.78 is 2.34. The third kappa shape index (κ3) is 2.61. The summed E-state index contributed by atoms with van der Waals surface area (Å²) in [5.41, 5.74) is 15.7. The summed E-state index contributed by atoms with van der Waals surface area (Å²) >= 11 is 0. The molecule has 5 rings (SSSR count). The molecule has 0 bridgehead atoms. The van der Waals surface area contributed by atoms with Crippen molar-refractivity contribution in [2.24, 2.45) is 0 Å². The second-order valence-corrected chi connectivity index (χ2v) is 7.22. The molecule has 4 aromatic carbocycles. The van der Waals surface area contributed by atoms with Gasteiger partial charge in [-0.3, -0.25) is 0 Å². The van der Waals surface area contributed by atoms with E-state index in [1.54, 1.807) is 0 Å². The highest BCUT2D eigenvalue weighted by atomic mass is 15.0. The Bertz CT molecular complexity index is 1290. The largest absolute Gasteiger partial charge is 0.347 e. The van der Waals surface area contributed by atoms with E-state index in [0.29, 0.717) is 0 Å². The number of rotatable bonds is 3. The van der Waals surface area contributed by atoms with Crippen LogP contribution >= 0.6 is 0 Å². The lowest BCUT2D eigenvalue weighted by Crippen LogP contribution is -2.55. The van der Waals surface area contributed by atoms with E-state index in [1.807, 2.05) is 12.1 Å². The van der Waals surface area contributed by atoms with Crippen molar-refractivity contribution in [3.8, 4) is 5.69 Å². The van der Waals surface area contributed by atoms with Gasteiger partial charge in [-0.25, -0.2) is 0 Å². The highest BCUT2D eigenvalue weighted by Gasteiger charge is 2.19. The van der Waals surface area contributed by atoms with Gasteiger partial charge in [-0.2, -0.15) is 0 Å². The summed E-state index contributed by atoms with van der Waals surface area (Å²) in [6.45, 7) is 0. The van der Waals surface area contributed by atoms with Crippen molar-refractivity contribution in [3.63, 3.8) is 0 Å². The molecule has 0 aliphatic carbocycles. The maximum absolute atomic E-state index is 4.44. The van der Waals surface area contributed by atoms with E-state index in [1.165, 1.54) is 38.6 Å². The first-order valence-electron chi connectivity index (χ1n) is 9.56. The van der Waals surface area contributed by atoms with E-state index < -0.39 is 0 Å². The molecule has 1 heterocycles. The molecule has 136 valence electrons. The third-order valence-corrected chi connectivity index (χ3v) is 5.54. The molecule has 5 aromatic rings. The van der Waals surface area contributed by atoms with Crippen LogP contribution in [0.15, 0.2) is 97.1 Å². The zero-order valence-electron chi connectivity index (χ0n) is 15.7. The number of hydrogen-bond donors (Lipinski definition) is 2. The van der Waals surface area contributed by atoms with Crippen LogP contribution in [-0.4, -0.2) is 4.57 Å². The number of quaternary nitrogens is 2. The highest BCUT2D eigenvalue weighted by molar-refractivity contribution is 6.09. The second-order valence-electron chi connectivity index (χ2n) is 7.22. The van der Waals surface area contributed by atoms with Crippen LogP contribution in [0.2, 0.25) is 0 Å². The van der Waals surface area contributed by atoms with Gasteiger partial charge in [0.1, 0.15) is 11.7 Å². The van der Waals surface area contributed by atoms with Crippen molar-refractivity contribution in [3.05, 3.63) is 108 Å². The highest BCUT2D eigenvalue weighted by Crippen LogP contribution is 2.34. The molecule has 0 saturated heterocycles. The summed E-state index contributed by atoms with van der Waals surface area (Å²) in [7, 11) is 0. The van der Waals surface area contributed by atoms with Gasteiger partial charge < -0.3 is 16.0 Å². The molecular weight excluding hydrogens is 342 g/mol. The molecule has 0 radical (unpaired) electrons. The van der Waals surface area contributed by atoms with Gasteiger partial charge in [0.05, 0.1) is 16.6 Å². The summed E-state index contributed by atoms with van der Waals surface area (Å²) in [4.78, 5) is 0. The van der Waals surface area contributed by atoms with Crippen LogP contribution in [0.4, 0.5) is 5.69 Å². The van der Waals surface area contributed by atoms with Crippen LogP contribution in [0.25, 0.3) is 27.5 Å². The van der Waals surface area contributed by atoms with Crippen molar-refractivity contribution in [2.45, 2.75) is 6.04 Å². The van der Waals surface area contributed by atoms with Crippen molar-refractivity contribution in [2.75, 3.05) is 0 Å². The Morgan fingerprint density at radius 1 is 0.643 bits per heavy atom. The molecule has 1 aromatic heterocycles. The van der Waals surface area contributed by atoms with Crippen molar-refractivity contribution >= 4 is 27.5 Å². The quantitative estimate of drug-likeness (QED) is 0.486. The Balaban J connectivity index is 1.75. The maximum Gasteiger partial charge on any atom is 0.142 e. The summed E-state index contributed by atoms with van der Waals surface area (Å²) in [5.74, 6) is 0. The van der Waals surface area contributed by atoms with E-state index >= 15 is 0 Å². The molecule has 0 fully saturated rings. The van der Waals surface area contributed by atoms with Gasteiger partial charge in [0.25, 0.3) is 0 Å². The first-order chi connectivity index (χ1) is 13.7. The molecule has 0 aliphatic heterocycles. The van der Waals surface area contributed by atoms with E-state index in [2.05, 4.69) is 101 Å². The van der Waals surface area contributed by atoms with Gasteiger partial charge in [0.15, 0.2) is 0 Å². The molecule has 0 amide bonds. The fraction of sp³-hybridized carbons (Fsp3) is 0.0400. The topological polar surface area (TPSA) is 60.2 Å². The van der Waals surface area contributed by atoms with E-state index in [0.717, 1.165) is 5.69 Å². The minimum absolute atomic E-state index is 0.0527. The lowest BCUT2D eigenvalue weighted by Gasteiger charge is -2.11. The van der Waals surface area contributed by atoms with Crippen LogP contribution in [0, 0.1) is 0 Å². The first-order valence-corrected chi connectivity index (χ1v) is 9.56. The summed E-state index contributed by atoms with van der Waals surface area (Å²) in [6.07, 6.45) is 0. The number of benzene rings is 4. The van der Waals surface area contributed by atoms with Crippen LogP contribution < -0.4 is 11.5 Å². The van der Waals surface area contributed by atoms with Crippen LogP contribution in [0.3, 0.4) is 0 Å². The molecule has 3 nitrogen and oxygen atoms in total. The monoisotopic (exact) mass is 365 g/mol. The molecule has 28 heavy (non-hydrogen) atoms. The van der Waals surface area contributed by atoms with Crippen molar-refractivity contribution in [1.29, 1.82) is 0 Å². The van der Waals surface area contributed by atoms with Gasteiger partial charge in [-0.15, -0.1) is 0 Å². The molecule has 0 spiro atoms. The Hall–Kier alpha value is -3.40. The number of hydrogen-bond acceptors (Lipinski definition) is 0. The second kappa shape index (κ2) is 6.64. The summed E-state index contributed by atoms with van der Waals surface area (Å²) in [6, 6.07) is 34.2. The van der Waals surface area contributed by atoms with E-state index in [9.17, 15) is 0 Å². The van der Waals surface area contributed by atoms with Crippen LogP contribution in [0.5, 0.6) is 0 Å². The Morgan fingerprint density at radius 3 is 2.14 bits per heavy atom. The van der Waals surface area contributed by atoms with Crippen LogP contribution in [0.1, 0.15) is 17.2 Å². The Morgan fingerprint density at radius 2 is 1.32 bits per heavy atom. The molecule has 0 saturated carbocycles. The first kappa shape index (κ1) is 16.8. The third-order valence-electron chi connectivity index (χ3n) is 5.54. The fourth-order valence-electron chi connectivity index (χ4n) is 4.12. The molecular formula is C25H23N3+2. The predicted octanol–water partition coefficient (Wildman–Crippen LogP) is 3.99. The lowest BCUT2D eigenvalue weighted by atomic mass is 9.96. The van der Waals surface area contributed by atoms with E-state index in [-0.39, 0.29) is 6.04 Å². The zero-order valence-corrected chi connectivity index (χ0v) is 15.7. The van der Waals surface area contributed by atoms with Gasteiger partial charge in [0.2, 0.25) is 0 Å². The van der Waals surface area contributed by atoms with Gasteiger partial charge in [-0.05, 0) is 42.5 Å². The number of para-hydroxylation sites is 2. The maximum atomic E-state index is 4.44. The number of fused-ring (bicyclic) bond motifs is 3. The average molecular weight is 365 g/mol. The fourth-order valence-corrected chi connectivity index (χ4v) is 4.12. The smallest absolute Gasteiger partial charge is 0.142 e. The van der Waals surface area contributed by atoms with Crippen molar-refractivity contribution in [1.82, 2.24) is 4.57 Å². The molecule has 1 atom stereocenters. The standard InChI is InChI=1S/C25H21N3/c26-22-12-6-4-11-20(22)25(27)17-14-15-24-21(16-17)19-10-5-7-13-23(19)28(24)18-8-2-1-3-9-18/h1-16,25H,26-27H2/p+2. The minimum Gasteiger partial charge on any atom is -0.347 e. The number of aromatic nitrogens is 1. The molecule has 6 N–H and O–H groups in total. The molecule has 3 heteroatoms. The van der Waals surface area contributed by atoms with Crippen LogP contribution in [-0.2, 0) is 0 Å². The van der Waals surface area contributed by atoms with Gasteiger partial charge in [-0.1, -0.05) is 54.6 Å². The average Bonchev–Trinajstić information content (AvgIpc) is 3.08. The summed E-state index contributed by atoms with van der Waals surface area (Å²) in [5, 5.41) is 2.52. The predicted molar refractivity (Wildman–Crippen MR) is 115 cm³/mol. The minimum atomic E-state index is 0.0527. The van der Waals surface area contributed by atoms with Gasteiger partial charge in [0, 0.05) is 22.0 Å². The van der Waals surface area contributed by atoms with E-state index in [4.69, 9.17) is 0 Å². The lowest BCUT2D eigenvalue weighted by molar-refractivity contribution is -0.413. The van der Waals surface area contributed by atoms with Crippen molar-refractivity contribution < 1.29 is 11.5 Å². The zero-order chi connectivity index (χ0) is 19.1. The number of nitrogens with zero attached hydrogens (tertiary/aromatic N) is 1. The normalized spacial score (nSPS) is 12.5. The Kier molecular flexibility index (Phi) is 3.97. The van der Waals surface area contributed by atoms with Gasteiger partial charge >= 0.3 is 0 Å². The Labute approximate surface area is 163 Å². The molecule has 1 unspecified atom stereocenters. The molecule has 0 aliphatic rings. The SMILES string of the molecule is [NH3+]c1ccccc1C([NH3+])c1ccc2c(c1)c1ccccc1n2-c1ccccc1.